The van der Waals surface area contributed by atoms with E-state index >= 15 is 0 Å². The molecular weight excluding hydrogens is 597 g/mol. The summed E-state index contributed by atoms with van der Waals surface area (Å²) >= 11 is 0. The van der Waals surface area contributed by atoms with Crippen LogP contribution in [0.5, 0.6) is 0 Å². The van der Waals surface area contributed by atoms with E-state index in [0.717, 1.165) is 36.1 Å². The van der Waals surface area contributed by atoms with Gasteiger partial charge < -0.3 is 10.0 Å². The number of rotatable bonds is 8. The molecule has 0 unspecified atom stereocenters. The molecular formula is C29H26F5N3O5S. The number of hydrogen-bond donors (Lipinski definition) is 1. The minimum atomic E-state index is -5.35. The molecule has 1 aliphatic carbocycles. The van der Waals surface area contributed by atoms with Crippen molar-refractivity contribution in [3.63, 3.8) is 0 Å². The van der Waals surface area contributed by atoms with Gasteiger partial charge in [0, 0.05) is 18.4 Å². The van der Waals surface area contributed by atoms with Crippen LogP contribution in [-0.4, -0.2) is 47.3 Å². The maximum Gasteiger partial charge on any atom is 0.335 e. The Balaban J connectivity index is 1.46. The summed E-state index contributed by atoms with van der Waals surface area (Å²) in [5.74, 6) is -14.1. The normalized spacial score (nSPS) is 17.8. The van der Waals surface area contributed by atoms with Gasteiger partial charge in [-0.1, -0.05) is 25.3 Å². The molecule has 2 heterocycles. The van der Waals surface area contributed by atoms with Crippen molar-refractivity contribution in [3.05, 3.63) is 88.5 Å². The minimum Gasteiger partial charge on any atom is -0.478 e. The van der Waals surface area contributed by atoms with Crippen molar-refractivity contribution in [1.29, 1.82) is 0 Å². The van der Waals surface area contributed by atoms with Crippen molar-refractivity contribution in [3.8, 4) is 0 Å². The van der Waals surface area contributed by atoms with Crippen molar-refractivity contribution < 1.29 is 45.1 Å². The van der Waals surface area contributed by atoms with Crippen LogP contribution < -0.4 is 4.90 Å². The van der Waals surface area contributed by atoms with E-state index in [1.54, 1.807) is 12.3 Å². The second-order valence-electron chi connectivity index (χ2n) is 10.5. The summed E-state index contributed by atoms with van der Waals surface area (Å²) in [6.07, 6.45) is 7.10. The number of benzene rings is 2. The molecule has 14 heteroatoms. The van der Waals surface area contributed by atoms with E-state index in [1.165, 1.54) is 30.7 Å². The molecule has 0 spiro atoms. The van der Waals surface area contributed by atoms with E-state index in [4.69, 9.17) is 0 Å². The number of carboxylic acid groups (broad SMARTS) is 1. The van der Waals surface area contributed by atoms with Gasteiger partial charge in [-0.2, -0.15) is 4.31 Å². The molecule has 2 aromatic carbocycles. The summed E-state index contributed by atoms with van der Waals surface area (Å²) < 4.78 is 96.8. The smallest absolute Gasteiger partial charge is 0.335 e. The molecule has 8 nitrogen and oxygen atoms in total. The standard InChI is InChI=1S/C29H26F5N3O5S/c30-22-23(31)25(33)27(26(34)24(22)32)43(41,42)37-13-12-21(37)28(38)36(20-10-7-17(8-11-20)29(39)40)15-19-9-6-18(14-35-19)16-4-2-1-3-5-16/h6-11,14,16,21H,1-5,12-13,15H2,(H,39,40)/t21-/m1/s1. The number of amides is 1. The number of pyridine rings is 1. The molecule has 43 heavy (non-hydrogen) atoms. The third-order valence-corrected chi connectivity index (χ3v) is 9.86. The number of carboxylic acids is 1. The van der Waals surface area contributed by atoms with Crippen molar-refractivity contribution in [2.75, 3.05) is 11.4 Å². The molecule has 1 atom stereocenters. The van der Waals surface area contributed by atoms with Gasteiger partial charge in [0.2, 0.25) is 21.7 Å². The van der Waals surface area contributed by atoms with Gasteiger partial charge in [-0.3, -0.25) is 9.78 Å². The first-order chi connectivity index (χ1) is 20.4. The van der Waals surface area contributed by atoms with E-state index in [2.05, 4.69) is 4.98 Å². The molecule has 228 valence electrons. The lowest BCUT2D eigenvalue weighted by molar-refractivity contribution is -0.125. The van der Waals surface area contributed by atoms with Gasteiger partial charge in [0.25, 0.3) is 0 Å². The van der Waals surface area contributed by atoms with E-state index in [0.29, 0.717) is 15.9 Å². The van der Waals surface area contributed by atoms with Gasteiger partial charge in [0.05, 0.1) is 17.8 Å². The van der Waals surface area contributed by atoms with Crippen LogP contribution in [0.3, 0.4) is 0 Å². The third kappa shape index (κ3) is 5.73. The summed E-state index contributed by atoms with van der Waals surface area (Å²) in [6.45, 7) is -0.596. The fourth-order valence-corrected chi connectivity index (χ4v) is 7.20. The molecule has 2 aliphatic rings. The molecule has 1 saturated carbocycles. The number of sulfonamides is 1. The van der Waals surface area contributed by atoms with Gasteiger partial charge in [0.15, 0.2) is 28.2 Å². The Morgan fingerprint density at radius 3 is 1.98 bits per heavy atom. The van der Waals surface area contributed by atoms with Gasteiger partial charge >= 0.3 is 5.97 Å². The molecule has 3 aromatic rings. The quantitative estimate of drug-likeness (QED) is 0.201. The Morgan fingerprint density at radius 2 is 1.47 bits per heavy atom. The third-order valence-electron chi connectivity index (χ3n) is 7.93. The molecule has 1 saturated heterocycles. The van der Waals surface area contributed by atoms with E-state index in [9.17, 15) is 45.1 Å². The van der Waals surface area contributed by atoms with Crippen molar-refractivity contribution in [2.45, 2.75) is 61.9 Å². The summed E-state index contributed by atoms with van der Waals surface area (Å²) in [7, 11) is -5.35. The minimum absolute atomic E-state index is 0.0785. The Hall–Kier alpha value is -3.91. The Morgan fingerprint density at radius 1 is 0.860 bits per heavy atom. The topological polar surface area (TPSA) is 108 Å². The van der Waals surface area contributed by atoms with Gasteiger partial charge in [-0.25, -0.2) is 35.2 Å². The number of hydrogen-bond acceptors (Lipinski definition) is 5. The van der Waals surface area contributed by atoms with Crippen molar-refractivity contribution in [1.82, 2.24) is 9.29 Å². The molecule has 1 N–H and O–H groups in total. The largest absolute Gasteiger partial charge is 0.478 e. The van der Waals surface area contributed by atoms with Crippen LogP contribution in [0.2, 0.25) is 0 Å². The number of carbonyl (C=O) groups is 2. The maximum atomic E-state index is 14.4. The monoisotopic (exact) mass is 623 g/mol. The lowest BCUT2D eigenvalue weighted by Crippen LogP contribution is -2.59. The number of aromatic carboxylic acids is 1. The molecule has 1 amide bonds. The highest BCUT2D eigenvalue weighted by atomic mass is 32.2. The number of aromatic nitrogens is 1. The number of nitrogens with zero attached hydrogens (tertiary/aromatic N) is 3. The summed E-state index contributed by atoms with van der Waals surface area (Å²) in [5.41, 5.74) is 1.56. The van der Waals surface area contributed by atoms with E-state index < -0.39 is 68.5 Å². The molecule has 0 radical (unpaired) electrons. The first kappa shape index (κ1) is 30.5. The first-order valence-electron chi connectivity index (χ1n) is 13.5. The highest BCUT2D eigenvalue weighted by molar-refractivity contribution is 7.89. The number of carbonyl (C=O) groups excluding carboxylic acids is 1. The van der Waals surface area contributed by atoms with Crippen LogP contribution in [0.15, 0.2) is 47.5 Å². The Kier molecular flexibility index (Phi) is 8.52. The lowest BCUT2D eigenvalue weighted by Gasteiger charge is -2.41. The van der Waals surface area contributed by atoms with Crippen LogP contribution in [-0.2, 0) is 21.4 Å². The number of anilines is 1. The maximum absolute atomic E-state index is 14.4. The predicted molar refractivity (Wildman–Crippen MR) is 143 cm³/mol. The fraction of sp³-hybridized carbons (Fsp3) is 0.345. The molecule has 2 fully saturated rings. The summed E-state index contributed by atoms with van der Waals surface area (Å²) in [6, 6.07) is 7.22. The molecule has 0 bridgehead atoms. The highest BCUT2D eigenvalue weighted by Crippen LogP contribution is 2.35. The zero-order chi connectivity index (χ0) is 31.1. The first-order valence-corrected chi connectivity index (χ1v) is 15.0. The van der Waals surface area contributed by atoms with Crippen LogP contribution >= 0.6 is 0 Å². The van der Waals surface area contributed by atoms with E-state index in [-0.39, 0.29) is 24.2 Å². The van der Waals surface area contributed by atoms with Crippen LogP contribution in [0, 0.1) is 29.1 Å². The van der Waals surface area contributed by atoms with Gasteiger partial charge in [0.1, 0.15) is 6.04 Å². The van der Waals surface area contributed by atoms with Gasteiger partial charge in [-0.15, -0.1) is 0 Å². The summed E-state index contributed by atoms with van der Waals surface area (Å²) in [5, 5.41) is 9.26. The Bertz CT molecular complexity index is 1630. The van der Waals surface area contributed by atoms with Crippen molar-refractivity contribution >= 4 is 27.6 Å². The summed E-state index contributed by atoms with van der Waals surface area (Å²) in [4.78, 5) is 28.7. The molecule has 1 aromatic heterocycles. The molecule has 1 aliphatic heterocycles. The second kappa shape index (κ2) is 12.0. The van der Waals surface area contributed by atoms with Gasteiger partial charge in [-0.05, 0) is 61.1 Å². The average molecular weight is 624 g/mol. The van der Waals surface area contributed by atoms with Crippen molar-refractivity contribution in [2.24, 2.45) is 0 Å². The highest BCUT2D eigenvalue weighted by Gasteiger charge is 2.48. The van der Waals surface area contributed by atoms with Crippen LogP contribution in [0.1, 0.15) is 66.1 Å². The second-order valence-corrected chi connectivity index (χ2v) is 12.3. The predicted octanol–water partition coefficient (Wildman–Crippen LogP) is 5.52. The lowest BCUT2D eigenvalue weighted by atomic mass is 9.85. The zero-order valence-corrected chi connectivity index (χ0v) is 23.4. The SMILES string of the molecule is O=C(O)c1ccc(N(Cc2ccc(C3CCCCC3)cn2)C(=O)[C@H]2CCN2S(=O)(=O)c2c(F)c(F)c(F)c(F)c2F)cc1. The van der Waals surface area contributed by atoms with Crippen LogP contribution in [0.4, 0.5) is 27.6 Å². The van der Waals surface area contributed by atoms with E-state index in [1.807, 2.05) is 6.07 Å². The van der Waals surface area contributed by atoms with Crippen LogP contribution in [0.25, 0.3) is 0 Å². The average Bonchev–Trinajstić information content (AvgIpc) is 2.97. The molecule has 5 rings (SSSR count). The Labute approximate surface area is 243 Å². The fourth-order valence-electron chi connectivity index (χ4n) is 5.46. The number of halogens is 5. The zero-order valence-electron chi connectivity index (χ0n) is 22.6.